The Morgan fingerprint density at radius 1 is 1.31 bits per heavy atom. The van der Waals surface area contributed by atoms with Crippen LogP contribution in [0.25, 0.3) is 0 Å². The molecule has 0 saturated carbocycles. The normalized spacial score (nSPS) is 24.7. The fourth-order valence-electron chi connectivity index (χ4n) is 2.53. The van der Waals surface area contributed by atoms with Gasteiger partial charge in [-0.25, -0.2) is 0 Å². The van der Waals surface area contributed by atoms with Gasteiger partial charge in [-0.15, -0.1) is 0 Å². The summed E-state index contributed by atoms with van der Waals surface area (Å²) < 4.78 is 6.00. The first-order chi connectivity index (χ1) is 7.81. The van der Waals surface area contributed by atoms with E-state index < -0.39 is 0 Å². The zero-order valence-electron chi connectivity index (χ0n) is 9.70. The third-order valence-corrected chi connectivity index (χ3v) is 3.46. The van der Waals surface area contributed by atoms with Crippen molar-refractivity contribution in [2.45, 2.75) is 25.6 Å². The van der Waals surface area contributed by atoms with Gasteiger partial charge < -0.3 is 15.0 Å². The molecule has 1 saturated heterocycles. The quantitative estimate of drug-likeness (QED) is 0.811. The lowest BCUT2D eigenvalue weighted by molar-refractivity contribution is 0.208. The number of likely N-dealkylation sites (N-methyl/N-ethyl adjacent to an activating group) is 1. The van der Waals surface area contributed by atoms with E-state index in [1.54, 1.807) is 0 Å². The molecule has 0 radical (unpaired) electrons. The largest absolute Gasteiger partial charge is 0.489 e. The maximum Gasteiger partial charge on any atom is 0.120 e. The van der Waals surface area contributed by atoms with Crippen LogP contribution in [0.5, 0.6) is 5.75 Å². The molecule has 1 aromatic carbocycles. The van der Waals surface area contributed by atoms with Crippen LogP contribution in [0.3, 0.4) is 0 Å². The minimum Gasteiger partial charge on any atom is -0.489 e. The van der Waals surface area contributed by atoms with Crippen LogP contribution in [0.4, 0.5) is 0 Å². The summed E-state index contributed by atoms with van der Waals surface area (Å²) in [5, 5.41) is 3.35. The predicted octanol–water partition coefficient (Wildman–Crippen LogP) is 1.37. The zero-order valence-corrected chi connectivity index (χ0v) is 9.70. The van der Waals surface area contributed by atoms with Gasteiger partial charge in [0.1, 0.15) is 11.9 Å². The zero-order chi connectivity index (χ0) is 11.0. The van der Waals surface area contributed by atoms with E-state index in [1.165, 1.54) is 11.1 Å². The van der Waals surface area contributed by atoms with Crippen LogP contribution in [0, 0.1) is 0 Å². The molecule has 3 heteroatoms. The van der Waals surface area contributed by atoms with Crippen LogP contribution in [-0.4, -0.2) is 31.1 Å². The maximum absolute atomic E-state index is 6.00. The summed E-state index contributed by atoms with van der Waals surface area (Å²) in [5.41, 5.74) is 2.81. The Hall–Kier alpha value is -1.06. The second-order valence-electron chi connectivity index (χ2n) is 4.82. The van der Waals surface area contributed by atoms with Crippen molar-refractivity contribution in [2.24, 2.45) is 0 Å². The van der Waals surface area contributed by atoms with Crippen LogP contribution in [0.2, 0.25) is 0 Å². The lowest BCUT2D eigenvalue weighted by Crippen LogP contribution is -2.21. The summed E-state index contributed by atoms with van der Waals surface area (Å²) in [7, 11) is 2.15. The smallest absolute Gasteiger partial charge is 0.120 e. The Morgan fingerprint density at radius 2 is 2.19 bits per heavy atom. The molecule has 0 aromatic heterocycles. The average molecular weight is 218 g/mol. The number of hydrogen-bond acceptors (Lipinski definition) is 3. The monoisotopic (exact) mass is 218 g/mol. The molecule has 0 amide bonds. The molecule has 2 heterocycles. The van der Waals surface area contributed by atoms with Gasteiger partial charge in [-0.2, -0.15) is 0 Å². The fourth-order valence-corrected chi connectivity index (χ4v) is 2.53. The minimum atomic E-state index is 0.373. The molecule has 3 nitrogen and oxygen atoms in total. The lowest BCUT2D eigenvalue weighted by atomic mass is 10.1. The van der Waals surface area contributed by atoms with Crippen molar-refractivity contribution < 1.29 is 4.74 Å². The van der Waals surface area contributed by atoms with Crippen molar-refractivity contribution in [3.05, 3.63) is 29.3 Å². The molecule has 16 heavy (non-hydrogen) atoms. The third-order valence-electron chi connectivity index (χ3n) is 3.46. The van der Waals surface area contributed by atoms with Crippen LogP contribution in [-0.2, 0) is 13.1 Å². The van der Waals surface area contributed by atoms with Crippen molar-refractivity contribution >= 4 is 0 Å². The highest BCUT2D eigenvalue weighted by atomic mass is 16.5. The number of likely N-dealkylation sites (tertiary alicyclic amines) is 1. The van der Waals surface area contributed by atoms with Gasteiger partial charge in [0, 0.05) is 26.2 Å². The second kappa shape index (κ2) is 4.07. The summed E-state index contributed by atoms with van der Waals surface area (Å²) in [6, 6.07) is 6.47. The maximum atomic E-state index is 6.00. The molecule has 0 spiro atoms. The summed E-state index contributed by atoms with van der Waals surface area (Å²) in [4.78, 5) is 2.32. The highest BCUT2D eigenvalue weighted by Gasteiger charge is 2.21. The molecule has 1 N–H and O–H groups in total. The van der Waals surface area contributed by atoms with E-state index in [1.807, 2.05) is 0 Å². The SMILES string of the molecule is CN1CCC(Oc2ccc3c(c2)CNC3)C1. The van der Waals surface area contributed by atoms with Crippen molar-refractivity contribution in [2.75, 3.05) is 20.1 Å². The topological polar surface area (TPSA) is 24.5 Å². The van der Waals surface area contributed by atoms with Crippen LogP contribution in [0.15, 0.2) is 18.2 Å². The first-order valence-corrected chi connectivity index (χ1v) is 5.99. The molecular formula is C13H18N2O. The number of fused-ring (bicyclic) bond motifs is 1. The van der Waals surface area contributed by atoms with Crippen molar-refractivity contribution in [3.8, 4) is 5.75 Å². The first-order valence-electron chi connectivity index (χ1n) is 5.99. The van der Waals surface area contributed by atoms with Gasteiger partial charge in [-0.3, -0.25) is 0 Å². The fraction of sp³-hybridized carbons (Fsp3) is 0.538. The number of benzene rings is 1. The van der Waals surface area contributed by atoms with Gasteiger partial charge in [-0.05, 0) is 36.7 Å². The van der Waals surface area contributed by atoms with Crippen molar-refractivity contribution in [3.63, 3.8) is 0 Å². The van der Waals surface area contributed by atoms with E-state index in [0.29, 0.717) is 6.10 Å². The molecule has 3 rings (SSSR count). The first kappa shape index (κ1) is 10.1. The molecule has 2 aliphatic rings. The van der Waals surface area contributed by atoms with Gasteiger partial charge in [0.05, 0.1) is 0 Å². The number of ether oxygens (including phenoxy) is 1. The Morgan fingerprint density at radius 3 is 3.00 bits per heavy atom. The molecule has 1 aromatic rings. The number of nitrogens with zero attached hydrogens (tertiary/aromatic N) is 1. The third kappa shape index (κ3) is 1.93. The van der Waals surface area contributed by atoms with E-state index in [2.05, 4.69) is 35.5 Å². The van der Waals surface area contributed by atoms with Crippen molar-refractivity contribution in [1.29, 1.82) is 0 Å². The molecule has 1 unspecified atom stereocenters. The standard InChI is InChI=1S/C13H18N2O/c1-15-5-4-13(9-15)16-12-3-2-10-7-14-8-11(10)6-12/h2-3,6,13-14H,4-5,7-9H2,1H3. The Bertz CT molecular complexity index is 392. The molecule has 1 atom stereocenters. The highest BCUT2D eigenvalue weighted by molar-refractivity contribution is 5.37. The number of hydrogen-bond donors (Lipinski definition) is 1. The summed E-state index contributed by atoms with van der Waals surface area (Å²) >= 11 is 0. The molecule has 2 aliphatic heterocycles. The van der Waals surface area contributed by atoms with Crippen LogP contribution < -0.4 is 10.1 Å². The molecule has 1 fully saturated rings. The summed E-state index contributed by atoms with van der Waals surface area (Å²) in [6.07, 6.45) is 1.52. The van der Waals surface area contributed by atoms with Gasteiger partial charge in [0.2, 0.25) is 0 Å². The molecular weight excluding hydrogens is 200 g/mol. The average Bonchev–Trinajstić information content (AvgIpc) is 2.87. The van der Waals surface area contributed by atoms with Gasteiger partial charge in [0.15, 0.2) is 0 Å². The number of rotatable bonds is 2. The number of nitrogens with one attached hydrogen (secondary N) is 1. The molecule has 0 bridgehead atoms. The van der Waals surface area contributed by atoms with E-state index in [-0.39, 0.29) is 0 Å². The second-order valence-corrected chi connectivity index (χ2v) is 4.82. The lowest BCUT2D eigenvalue weighted by Gasteiger charge is -2.14. The Labute approximate surface area is 96.4 Å². The minimum absolute atomic E-state index is 0.373. The van der Waals surface area contributed by atoms with E-state index in [9.17, 15) is 0 Å². The Kier molecular flexibility index (Phi) is 2.58. The van der Waals surface area contributed by atoms with E-state index in [4.69, 9.17) is 4.74 Å². The predicted molar refractivity (Wildman–Crippen MR) is 63.5 cm³/mol. The van der Waals surface area contributed by atoms with E-state index in [0.717, 1.165) is 38.3 Å². The Balaban J connectivity index is 1.71. The summed E-state index contributed by atoms with van der Waals surface area (Å²) in [6.45, 7) is 4.19. The van der Waals surface area contributed by atoms with Gasteiger partial charge in [-0.1, -0.05) is 6.07 Å². The van der Waals surface area contributed by atoms with E-state index >= 15 is 0 Å². The molecule has 86 valence electrons. The van der Waals surface area contributed by atoms with Crippen molar-refractivity contribution in [1.82, 2.24) is 10.2 Å². The molecule has 0 aliphatic carbocycles. The summed E-state index contributed by atoms with van der Waals surface area (Å²) in [5.74, 6) is 1.03. The van der Waals surface area contributed by atoms with Crippen LogP contribution in [0.1, 0.15) is 17.5 Å². The van der Waals surface area contributed by atoms with Gasteiger partial charge >= 0.3 is 0 Å². The van der Waals surface area contributed by atoms with Crippen LogP contribution >= 0.6 is 0 Å². The van der Waals surface area contributed by atoms with Gasteiger partial charge in [0.25, 0.3) is 0 Å². The highest BCUT2D eigenvalue weighted by Crippen LogP contribution is 2.23.